The smallest absolute Gasteiger partial charge is 0.262 e. The summed E-state index contributed by atoms with van der Waals surface area (Å²) in [5.41, 5.74) is 6.18. The molecule has 49 heavy (non-hydrogen) atoms. The number of carbonyl (C=O) groups is 2. The fraction of sp³-hybridized carbons (Fsp3) is 0.179. The Balaban J connectivity index is 1.27. The summed E-state index contributed by atoms with van der Waals surface area (Å²) < 4.78 is 2.68. The van der Waals surface area contributed by atoms with Crippen molar-refractivity contribution in [2.45, 2.75) is 41.5 Å². The molecule has 2 amide bonds. The maximum absolute atomic E-state index is 13.6. The van der Waals surface area contributed by atoms with E-state index in [4.69, 9.17) is 0 Å². The van der Waals surface area contributed by atoms with Gasteiger partial charge in [-0.3, -0.25) is 14.5 Å². The summed E-state index contributed by atoms with van der Waals surface area (Å²) >= 11 is 12.5. The van der Waals surface area contributed by atoms with Crippen LogP contribution < -0.4 is 0 Å². The molecule has 0 bridgehead atoms. The van der Waals surface area contributed by atoms with Gasteiger partial charge in [-0.25, -0.2) is 0 Å². The highest BCUT2D eigenvalue weighted by molar-refractivity contribution is 7.31. The Hall–Kier alpha value is -3.22. The van der Waals surface area contributed by atoms with Crippen LogP contribution in [0.25, 0.3) is 70.3 Å². The lowest BCUT2D eigenvalue weighted by Crippen LogP contribution is -2.24. The third-order valence-electron chi connectivity index (χ3n) is 9.25. The van der Waals surface area contributed by atoms with Gasteiger partial charge in [0.05, 0.1) is 20.9 Å². The Morgan fingerprint density at radius 1 is 0.449 bits per heavy atom. The molecule has 0 saturated heterocycles. The normalized spacial score (nSPS) is 13.2. The number of aryl methyl sites for hydroxylation is 6. The second-order valence-corrected chi connectivity index (χ2v) is 20.9. The minimum absolute atomic E-state index is 0.206. The van der Waals surface area contributed by atoms with Gasteiger partial charge in [0.2, 0.25) is 0 Å². The van der Waals surface area contributed by atoms with Crippen molar-refractivity contribution >= 4 is 111 Å². The van der Waals surface area contributed by atoms with Crippen LogP contribution in [0.15, 0.2) is 48.5 Å². The van der Waals surface area contributed by atoms with Crippen molar-refractivity contribution < 1.29 is 9.59 Å². The molecule has 10 heteroatoms. The predicted molar refractivity (Wildman–Crippen MR) is 219 cm³/mol. The Labute approximate surface area is 312 Å². The van der Waals surface area contributed by atoms with E-state index in [1.807, 2.05) is 45.3 Å². The molecule has 8 aromatic rings. The van der Waals surface area contributed by atoms with Crippen LogP contribution in [0.5, 0.6) is 0 Å². The molecule has 244 valence electrons. The average Bonchev–Trinajstić information content (AvgIpc) is 3.91. The van der Waals surface area contributed by atoms with Crippen molar-refractivity contribution in [2.75, 3.05) is 7.05 Å². The molecule has 3 nitrogen and oxygen atoms in total. The van der Waals surface area contributed by atoms with Gasteiger partial charge in [0.1, 0.15) is 0 Å². The molecule has 0 N–H and O–H groups in total. The lowest BCUT2D eigenvalue weighted by Gasteiger charge is -2.09. The highest BCUT2D eigenvalue weighted by Crippen LogP contribution is 2.55. The highest BCUT2D eigenvalue weighted by Gasteiger charge is 2.41. The molecular formula is C39H29NO2S7. The fourth-order valence-electron chi connectivity index (χ4n) is 6.77. The lowest BCUT2D eigenvalue weighted by molar-refractivity contribution is 0.0693. The van der Waals surface area contributed by atoms with E-state index < -0.39 is 0 Å². The number of benzene rings is 1. The number of hydrogen-bond acceptors (Lipinski definition) is 9. The minimum atomic E-state index is -0.209. The van der Waals surface area contributed by atoms with Crippen LogP contribution in [-0.4, -0.2) is 23.8 Å². The SMILES string of the molecule is Cc1ccc(-c2c3cc(-c4sc(-c5sc(-c6cc(C)c(C)s6)c6c5C(=O)N(C)C6=O)cc4C)sc3c(-c3ccc(C)s3)c3cc(C)sc23)s1. The van der Waals surface area contributed by atoms with E-state index in [0.29, 0.717) is 11.1 Å². The van der Waals surface area contributed by atoms with Crippen molar-refractivity contribution in [3.63, 3.8) is 0 Å². The number of imide groups is 1. The predicted octanol–water partition coefficient (Wildman–Crippen LogP) is 13.8. The molecule has 0 radical (unpaired) electrons. The molecule has 0 fully saturated rings. The van der Waals surface area contributed by atoms with E-state index in [9.17, 15) is 9.59 Å². The maximum Gasteiger partial charge on any atom is 0.262 e. The topological polar surface area (TPSA) is 37.4 Å². The Morgan fingerprint density at radius 2 is 0.980 bits per heavy atom. The molecule has 0 aliphatic carbocycles. The zero-order valence-electron chi connectivity index (χ0n) is 27.7. The van der Waals surface area contributed by atoms with E-state index in [1.165, 1.54) is 86.3 Å². The molecule has 1 aliphatic heterocycles. The molecule has 7 aromatic heterocycles. The summed E-state index contributed by atoms with van der Waals surface area (Å²) in [6.07, 6.45) is 0. The van der Waals surface area contributed by atoms with Gasteiger partial charge in [-0.15, -0.1) is 79.4 Å². The van der Waals surface area contributed by atoms with Crippen molar-refractivity contribution in [2.24, 2.45) is 0 Å². The van der Waals surface area contributed by atoms with E-state index in [1.54, 1.807) is 41.1 Å². The average molecular weight is 768 g/mol. The zero-order valence-corrected chi connectivity index (χ0v) is 33.5. The molecule has 1 aliphatic rings. The molecule has 0 spiro atoms. The van der Waals surface area contributed by atoms with Crippen LogP contribution in [0.4, 0.5) is 0 Å². The third kappa shape index (κ3) is 4.79. The molecule has 9 rings (SSSR count). The van der Waals surface area contributed by atoms with Crippen LogP contribution >= 0.6 is 79.4 Å². The van der Waals surface area contributed by atoms with E-state index in [0.717, 1.165) is 19.5 Å². The molecular weight excluding hydrogens is 739 g/mol. The molecule has 1 aromatic carbocycles. The quantitative estimate of drug-likeness (QED) is 0.164. The van der Waals surface area contributed by atoms with Crippen LogP contribution in [0, 0.1) is 41.5 Å². The Bertz CT molecular complexity index is 2580. The molecule has 0 saturated carbocycles. The number of nitrogens with zero attached hydrogens (tertiary/aromatic N) is 1. The first-order valence-electron chi connectivity index (χ1n) is 15.8. The molecule has 0 atom stereocenters. The van der Waals surface area contributed by atoms with Crippen LogP contribution in [0.2, 0.25) is 0 Å². The van der Waals surface area contributed by atoms with Gasteiger partial charge in [0, 0.05) is 87.1 Å². The second-order valence-electron chi connectivity index (χ2n) is 12.7. The monoisotopic (exact) mass is 767 g/mol. The van der Waals surface area contributed by atoms with Gasteiger partial charge in [0.25, 0.3) is 11.8 Å². The maximum atomic E-state index is 13.6. The third-order valence-corrected chi connectivity index (χ3v) is 17.6. The number of amides is 2. The summed E-state index contributed by atoms with van der Waals surface area (Å²) in [6, 6.07) is 18.2. The van der Waals surface area contributed by atoms with Gasteiger partial charge in [-0.1, -0.05) is 0 Å². The summed E-state index contributed by atoms with van der Waals surface area (Å²) in [5, 5.41) is 2.64. The van der Waals surface area contributed by atoms with Crippen molar-refractivity contribution in [1.29, 1.82) is 0 Å². The van der Waals surface area contributed by atoms with Gasteiger partial charge >= 0.3 is 0 Å². The first kappa shape index (κ1) is 31.7. The van der Waals surface area contributed by atoms with Gasteiger partial charge < -0.3 is 0 Å². The highest BCUT2D eigenvalue weighted by atomic mass is 32.1. The van der Waals surface area contributed by atoms with E-state index >= 15 is 0 Å². The lowest BCUT2D eigenvalue weighted by atomic mass is 9.99. The fourth-order valence-corrected chi connectivity index (χ4v) is 15.0. The molecule has 8 heterocycles. The number of hydrogen-bond donors (Lipinski definition) is 0. The van der Waals surface area contributed by atoms with E-state index in [2.05, 4.69) is 90.1 Å². The standard InChI is InChI=1S/C39H29NO2S7/c1-16-12-26(46-21(16)6)36-31-32(39(42)40(7)38(31)41)37(49-36)27-13-17(2)33(47-27)28-15-23-30(25-11-9-19(4)44-25)34-22(14-20(5)45-34)29(35(23)48-28)24-10-8-18(3)43-24/h8-15H,1-7H3. The summed E-state index contributed by atoms with van der Waals surface area (Å²) in [4.78, 5) is 42.5. The van der Waals surface area contributed by atoms with Gasteiger partial charge in [0.15, 0.2) is 0 Å². The number of rotatable bonds is 5. The summed E-state index contributed by atoms with van der Waals surface area (Å²) in [5.74, 6) is -0.416. The molecule has 0 unspecified atom stereocenters. The van der Waals surface area contributed by atoms with Crippen molar-refractivity contribution in [1.82, 2.24) is 4.90 Å². The van der Waals surface area contributed by atoms with Crippen molar-refractivity contribution in [3.05, 3.63) is 90.3 Å². The van der Waals surface area contributed by atoms with Gasteiger partial charge in [-0.05, 0) is 101 Å². The number of fused-ring (bicyclic) bond motifs is 3. The first-order valence-corrected chi connectivity index (χ1v) is 21.5. The minimum Gasteiger partial charge on any atom is -0.277 e. The Morgan fingerprint density at radius 3 is 1.53 bits per heavy atom. The van der Waals surface area contributed by atoms with Gasteiger partial charge in [-0.2, -0.15) is 0 Å². The first-order chi connectivity index (χ1) is 23.5. The largest absolute Gasteiger partial charge is 0.277 e. The van der Waals surface area contributed by atoms with Crippen LogP contribution in [0.3, 0.4) is 0 Å². The Kier molecular flexibility index (Phi) is 7.38. The second kappa shape index (κ2) is 11.4. The summed E-state index contributed by atoms with van der Waals surface area (Å²) in [6.45, 7) is 13.0. The number of carbonyl (C=O) groups excluding carboxylic acids is 2. The zero-order chi connectivity index (χ0) is 34.0. The van der Waals surface area contributed by atoms with E-state index in [-0.39, 0.29) is 11.8 Å². The summed E-state index contributed by atoms with van der Waals surface area (Å²) in [7, 11) is 1.60. The van der Waals surface area contributed by atoms with Crippen LogP contribution in [0.1, 0.15) is 51.4 Å². The number of thiophene rings is 7. The van der Waals surface area contributed by atoms with Crippen LogP contribution in [-0.2, 0) is 0 Å². The van der Waals surface area contributed by atoms with Crippen molar-refractivity contribution in [3.8, 4) is 50.1 Å².